The van der Waals surface area contributed by atoms with Crippen molar-refractivity contribution in [2.24, 2.45) is 0 Å². The second kappa shape index (κ2) is 6.86. The van der Waals surface area contributed by atoms with Crippen molar-refractivity contribution in [1.82, 2.24) is 9.71 Å². The lowest BCUT2D eigenvalue weighted by Gasteiger charge is -2.10. The summed E-state index contributed by atoms with van der Waals surface area (Å²) in [4.78, 5) is 14.6. The fourth-order valence-electron chi connectivity index (χ4n) is 2.82. The molecular weight excluding hydrogens is 419 g/mol. The minimum absolute atomic E-state index is 0.00186. The standard InChI is InChI=1S/C16H14Cl2N2O4S2/c1-7(20-26(2,23)24)11-6-25-15-12(14(16(21)22)19-13(11)15)8-3-9(17)5-10(18)4-8/h3-7,19-20H,1-2H3,(H,21,22). The van der Waals surface area contributed by atoms with Gasteiger partial charge in [-0.1, -0.05) is 23.2 Å². The maximum absolute atomic E-state index is 11.7. The van der Waals surface area contributed by atoms with Crippen LogP contribution in [0.2, 0.25) is 10.0 Å². The Bertz CT molecular complexity index is 1100. The van der Waals surface area contributed by atoms with E-state index in [1.807, 2.05) is 0 Å². The second-order valence-electron chi connectivity index (χ2n) is 5.85. The highest BCUT2D eigenvalue weighted by atomic mass is 35.5. The van der Waals surface area contributed by atoms with Crippen molar-refractivity contribution in [2.75, 3.05) is 6.26 Å². The minimum atomic E-state index is -3.41. The largest absolute Gasteiger partial charge is 0.477 e. The summed E-state index contributed by atoms with van der Waals surface area (Å²) in [6.45, 7) is 1.69. The van der Waals surface area contributed by atoms with Gasteiger partial charge in [-0.2, -0.15) is 0 Å². The number of aromatic nitrogens is 1. The lowest BCUT2D eigenvalue weighted by molar-refractivity contribution is 0.0692. The first kappa shape index (κ1) is 19.2. The molecule has 6 nitrogen and oxygen atoms in total. The molecule has 2 aromatic heterocycles. The van der Waals surface area contributed by atoms with Crippen molar-refractivity contribution in [3.05, 3.63) is 44.9 Å². The quantitative estimate of drug-likeness (QED) is 0.551. The van der Waals surface area contributed by atoms with E-state index >= 15 is 0 Å². The molecule has 138 valence electrons. The summed E-state index contributed by atoms with van der Waals surface area (Å²) in [5.41, 5.74) is 2.28. The number of carboxylic acid groups (broad SMARTS) is 1. The first-order valence-electron chi connectivity index (χ1n) is 7.37. The van der Waals surface area contributed by atoms with Crippen LogP contribution < -0.4 is 4.72 Å². The smallest absolute Gasteiger partial charge is 0.353 e. The Kier molecular flexibility index (Phi) is 5.06. The van der Waals surface area contributed by atoms with E-state index in [1.165, 1.54) is 11.3 Å². The molecule has 3 rings (SSSR count). The van der Waals surface area contributed by atoms with Crippen molar-refractivity contribution >= 4 is 60.7 Å². The summed E-state index contributed by atoms with van der Waals surface area (Å²) in [5.74, 6) is -1.13. The van der Waals surface area contributed by atoms with E-state index in [0.717, 1.165) is 6.26 Å². The van der Waals surface area contributed by atoms with Gasteiger partial charge in [-0.3, -0.25) is 0 Å². The van der Waals surface area contributed by atoms with E-state index in [-0.39, 0.29) is 5.69 Å². The van der Waals surface area contributed by atoms with E-state index in [9.17, 15) is 18.3 Å². The molecule has 0 bridgehead atoms. The van der Waals surface area contributed by atoms with Gasteiger partial charge in [0.05, 0.1) is 16.5 Å². The van der Waals surface area contributed by atoms with Crippen LogP contribution in [-0.4, -0.2) is 30.7 Å². The van der Waals surface area contributed by atoms with Crippen molar-refractivity contribution in [1.29, 1.82) is 0 Å². The first-order chi connectivity index (χ1) is 12.1. The Morgan fingerprint density at radius 1 is 1.27 bits per heavy atom. The summed E-state index contributed by atoms with van der Waals surface area (Å²) >= 11 is 13.5. The molecule has 1 atom stereocenters. The van der Waals surface area contributed by atoms with Crippen molar-refractivity contribution in [2.45, 2.75) is 13.0 Å². The van der Waals surface area contributed by atoms with Gasteiger partial charge in [-0.25, -0.2) is 17.9 Å². The van der Waals surface area contributed by atoms with Gasteiger partial charge in [-0.15, -0.1) is 11.3 Å². The number of nitrogens with one attached hydrogen (secondary N) is 2. The summed E-state index contributed by atoms with van der Waals surface area (Å²) in [6.07, 6.45) is 1.07. The highest BCUT2D eigenvalue weighted by Gasteiger charge is 2.24. The maximum Gasteiger partial charge on any atom is 0.353 e. The molecule has 0 aliphatic heterocycles. The molecule has 3 aromatic rings. The first-order valence-corrected chi connectivity index (χ1v) is 10.9. The molecule has 0 spiro atoms. The van der Waals surface area contributed by atoms with Gasteiger partial charge in [0, 0.05) is 27.2 Å². The highest BCUT2D eigenvalue weighted by molar-refractivity contribution is 7.88. The van der Waals surface area contributed by atoms with Crippen LogP contribution in [0.15, 0.2) is 23.6 Å². The monoisotopic (exact) mass is 432 g/mol. The number of H-pyrrole nitrogens is 1. The van der Waals surface area contributed by atoms with Crippen molar-refractivity contribution in [3.8, 4) is 11.1 Å². The number of fused-ring (bicyclic) bond motifs is 1. The van der Waals surface area contributed by atoms with Crippen LogP contribution in [0, 0.1) is 0 Å². The Labute approximate surface area is 163 Å². The van der Waals surface area contributed by atoms with Gasteiger partial charge in [-0.05, 0) is 36.1 Å². The molecule has 0 aliphatic rings. The highest BCUT2D eigenvalue weighted by Crippen LogP contribution is 2.41. The SMILES string of the molecule is CC(NS(C)(=O)=O)c1csc2c(-c3cc(Cl)cc(Cl)c3)c(C(=O)O)[nH]c12. The molecule has 0 saturated carbocycles. The minimum Gasteiger partial charge on any atom is -0.477 e. The predicted molar refractivity (Wildman–Crippen MR) is 105 cm³/mol. The van der Waals surface area contributed by atoms with E-state index in [1.54, 1.807) is 30.5 Å². The molecule has 0 radical (unpaired) electrons. The van der Waals surface area contributed by atoms with Crippen LogP contribution >= 0.6 is 34.5 Å². The molecule has 0 saturated heterocycles. The molecule has 1 unspecified atom stereocenters. The average molecular weight is 433 g/mol. The van der Waals surface area contributed by atoms with E-state index < -0.39 is 22.0 Å². The summed E-state index contributed by atoms with van der Waals surface area (Å²) < 4.78 is 26.2. The number of aromatic carboxylic acids is 1. The third-order valence-corrected chi connectivity index (χ3v) is 6.00. The lowest BCUT2D eigenvalue weighted by atomic mass is 10.1. The van der Waals surface area contributed by atoms with Crippen LogP contribution in [0.25, 0.3) is 21.3 Å². The molecule has 10 heteroatoms. The Morgan fingerprint density at radius 3 is 2.42 bits per heavy atom. The summed E-state index contributed by atoms with van der Waals surface area (Å²) in [7, 11) is -3.41. The van der Waals surface area contributed by atoms with Crippen LogP contribution in [0.1, 0.15) is 29.0 Å². The van der Waals surface area contributed by atoms with E-state index in [4.69, 9.17) is 23.2 Å². The fraction of sp³-hybridized carbons (Fsp3) is 0.188. The zero-order chi connectivity index (χ0) is 19.2. The van der Waals surface area contributed by atoms with Gasteiger partial charge >= 0.3 is 5.97 Å². The molecule has 26 heavy (non-hydrogen) atoms. The average Bonchev–Trinajstić information content (AvgIpc) is 3.01. The van der Waals surface area contributed by atoms with Crippen LogP contribution in [-0.2, 0) is 10.0 Å². The van der Waals surface area contributed by atoms with E-state index in [0.29, 0.717) is 37.0 Å². The molecule has 0 aliphatic carbocycles. The van der Waals surface area contributed by atoms with Gasteiger partial charge in [0.2, 0.25) is 10.0 Å². The Hall–Kier alpha value is -1.58. The normalized spacial score (nSPS) is 13.2. The number of benzene rings is 1. The van der Waals surface area contributed by atoms with Crippen molar-refractivity contribution in [3.63, 3.8) is 0 Å². The van der Waals surface area contributed by atoms with Gasteiger partial charge in [0.25, 0.3) is 0 Å². The number of carboxylic acids is 1. The molecule has 1 aromatic carbocycles. The van der Waals surface area contributed by atoms with Gasteiger partial charge in [0.1, 0.15) is 5.69 Å². The number of rotatable bonds is 5. The Balaban J connectivity index is 2.23. The third kappa shape index (κ3) is 3.74. The third-order valence-electron chi connectivity index (χ3n) is 3.77. The summed E-state index contributed by atoms with van der Waals surface area (Å²) in [5, 5.41) is 12.2. The number of halogens is 2. The van der Waals surface area contributed by atoms with Gasteiger partial charge < -0.3 is 10.1 Å². The molecule has 2 heterocycles. The van der Waals surface area contributed by atoms with Crippen molar-refractivity contribution < 1.29 is 18.3 Å². The predicted octanol–water partition coefficient (Wildman–Crippen LogP) is 4.51. The molecule has 3 N–H and O–H groups in total. The number of hydrogen-bond donors (Lipinski definition) is 3. The number of thiophene rings is 1. The fourth-order valence-corrected chi connectivity index (χ4v) is 5.31. The molecule has 0 amide bonds. The molecule has 0 fully saturated rings. The lowest BCUT2D eigenvalue weighted by Crippen LogP contribution is -2.25. The topological polar surface area (TPSA) is 99.3 Å². The summed E-state index contributed by atoms with van der Waals surface area (Å²) in [6, 6.07) is 4.32. The second-order valence-corrected chi connectivity index (χ2v) is 9.38. The maximum atomic E-state index is 11.7. The number of carbonyl (C=O) groups is 1. The van der Waals surface area contributed by atoms with Crippen LogP contribution in [0.3, 0.4) is 0 Å². The van der Waals surface area contributed by atoms with Crippen LogP contribution in [0.5, 0.6) is 0 Å². The molecular formula is C16H14Cl2N2O4S2. The Morgan fingerprint density at radius 2 is 1.88 bits per heavy atom. The number of aromatic amines is 1. The van der Waals surface area contributed by atoms with Crippen LogP contribution in [0.4, 0.5) is 0 Å². The zero-order valence-corrected chi connectivity index (χ0v) is 16.8. The number of hydrogen-bond acceptors (Lipinski definition) is 4. The van der Waals surface area contributed by atoms with E-state index in [2.05, 4.69) is 9.71 Å². The zero-order valence-electron chi connectivity index (χ0n) is 13.6. The van der Waals surface area contributed by atoms with Gasteiger partial charge in [0.15, 0.2) is 0 Å². The number of sulfonamides is 1.